The summed E-state index contributed by atoms with van der Waals surface area (Å²) in [7, 11) is 0. The fourth-order valence-corrected chi connectivity index (χ4v) is 7.92. The van der Waals surface area contributed by atoms with Crippen LogP contribution in [0.25, 0.3) is 21.5 Å². The van der Waals surface area contributed by atoms with E-state index in [9.17, 15) is 14.4 Å². The van der Waals surface area contributed by atoms with Gasteiger partial charge >= 0.3 is 17.9 Å². The van der Waals surface area contributed by atoms with Crippen molar-refractivity contribution in [3.05, 3.63) is 137 Å². The van der Waals surface area contributed by atoms with Crippen LogP contribution in [0.4, 0.5) is 5.69 Å². The summed E-state index contributed by atoms with van der Waals surface area (Å²) in [5.41, 5.74) is -0.843. The van der Waals surface area contributed by atoms with E-state index < -0.39 is 34.9 Å². The molecule has 5 aromatic rings. The molecule has 9 heteroatoms. The lowest BCUT2D eigenvalue weighted by Crippen LogP contribution is -2.64. The monoisotopic (exact) mass is 724 g/mol. The summed E-state index contributed by atoms with van der Waals surface area (Å²) < 4.78 is 17.2. The normalized spacial score (nSPS) is 17.7. The molecule has 9 nitrogen and oxygen atoms in total. The van der Waals surface area contributed by atoms with Crippen molar-refractivity contribution >= 4 is 51.0 Å². The van der Waals surface area contributed by atoms with Crippen molar-refractivity contribution in [1.29, 1.82) is 0 Å². The number of hydrogen-bond donors (Lipinski definition) is 1. The first kappa shape index (κ1) is 36.6. The van der Waals surface area contributed by atoms with E-state index in [0.29, 0.717) is 11.3 Å². The fraction of sp³-hybridized carbons (Fsp3) is 0.289. The second-order valence-electron chi connectivity index (χ2n) is 14.8. The lowest BCUT2D eigenvalue weighted by molar-refractivity contribution is -0.164. The van der Waals surface area contributed by atoms with Gasteiger partial charge in [0.25, 0.3) is 5.91 Å². The highest BCUT2D eigenvalue weighted by Gasteiger charge is 2.70. The summed E-state index contributed by atoms with van der Waals surface area (Å²) in [6.45, 7) is 11.0. The SMILES string of the molecule is CCOC(=O)C1(C(=O)OCC)N[C@@]2(C(=O)N(Cc3ccc(C(C)(C)C)cc3)c3ccccc32)C(C(=O)OCc2c3ccccc3cc3ccccc23)=C1C. The minimum atomic E-state index is -2.32. The lowest BCUT2D eigenvalue weighted by atomic mass is 9.83. The molecule has 1 spiro atoms. The number of nitrogens with zero attached hydrogens (tertiary/aromatic N) is 1. The van der Waals surface area contributed by atoms with Crippen LogP contribution in [0.1, 0.15) is 63.8 Å². The quantitative estimate of drug-likeness (QED) is 0.0718. The molecule has 2 aliphatic rings. The van der Waals surface area contributed by atoms with Crippen LogP contribution < -0.4 is 10.2 Å². The van der Waals surface area contributed by atoms with Crippen LogP contribution in [-0.2, 0) is 57.5 Å². The number of ether oxygens (including phenoxy) is 3. The molecule has 276 valence electrons. The van der Waals surface area contributed by atoms with E-state index in [0.717, 1.165) is 38.2 Å². The van der Waals surface area contributed by atoms with Crippen molar-refractivity contribution in [3.63, 3.8) is 0 Å². The predicted molar refractivity (Wildman–Crippen MR) is 208 cm³/mol. The first-order valence-electron chi connectivity index (χ1n) is 18.3. The summed E-state index contributed by atoms with van der Waals surface area (Å²) in [6.07, 6.45) is 0. The lowest BCUT2D eigenvalue weighted by Gasteiger charge is -2.32. The number of carbonyl (C=O) groups excluding carboxylic acids is 4. The number of carbonyl (C=O) groups is 4. The number of benzene rings is 5. The topological polar surface area (TPSA) is 111 Å². The largest absolute Gasteiger partial charge is 0.464 e. The van der Waals surface area contributed by atoms with Gasteiger partial charge in [-0.3, -0.25) is 10.1 Å². The number of anilines is 1. The summed E-state index contributed by atoms with van der Waals surface area (Å²) in [4.78, 5) is 59.9. The van der Waals surface area contributed by atoms with Crippen molar-refractivity contribution in [2.75, 3.05) is 18.1 Å². The van der Waals surface area contributed by atoms with Crippen molar-refractivity contribution in [3.8, 4) is 0 Å². The van der Waals surface area contributed by atoms with Gasteiger partial charge in [-0.1, -0.05) is 112 Å². The van der Waals surface area contributed by atoms with Crippen LogP contribution in [-0.4, -0.2) is 42.6 Å². The first-order chi connectivity index (χ1) is 25.9. The Hall–Kier alpha value is -5.80. The third kappa shape index (κ3) is 5.74. The summed E-state index contributed by atoms with van der Waals surface area (Å²) in [5.74, 6) is -3.36. The van der Waals surface area contributed by atoms with Gasteiger partial charge in [-0.2, -0.15) is 0 Å². The molecule has 0 bridgehead atoms. The minimum Gasteiger partial charge on any atom is -0.464 e. The summed E-state index contributed by atoms with van der Waals surface area (Å²) >= 11 is 0. The maximum absolute atomic E-state index is 15.3. The zero-order chi connectivity index (χ0) is 38.4. The molecule has 1 amide bonds. The van der Waals surface area contributed by atoms with Crippen LogP contribution in [0.3, 0.4) is 0 Å². The Kier molecular flexibility index (Phi) is 9.39. The van der Waals surface area contributed by atoms with Gasteiger partial charge in [-0.25, -0.2) is 14.4 Å². The number of esters is 3. The highest BCUT2D eigenvalue weighted by Crippen LogP contribution is 2.53. The van der Waals surface area contributed by atoms with Crippen molar-refractivity contribution in [2.24, 2.45) is 0 Å². The molecule has 0 saturated heterocycles. The third-order valence-corrected chi connectivity index (χ3v) is 10.6. The number of rotatable bonds is 9. The van der Waals surface area contributed by atoms with Crippen molar-refractivity contribution in [1.82, 2.24) is 5.32 Å². The average Bonchev–Trinajstić information content (AvgIpc) is 3.57. The van der Waals surface area contributed by atoms with E-state index in [4.69, 9.17) is 14.2 Å². The number of fused-ring (bicyclic) bond motifs is 4. The van der Waals surface area contributed by atoms with E-state index in [-0.39, 0.29) is 42.9 Å². The fourth-order valence-electron chi connectivity index (χ4n) is 7.92. The summed E-state index contributed by atoms with van der Waals surface area (Å²) in [5, 5.41) is 6.90. The molecule has 2 aliphatic heterocycles. The van der Waals surface area contributed by atoms with Gasteiger partial charge in [-0.15, -0.1) is 0 Å². The maximum Gasteiger partial charge on any atom is 0.342 e. The third-order valence-electron chi connectivity index (χ3n) is 10.6. The van der Waals surface area contributed by atoms with E-state index >= 15 is 4.79 Å². The molecule has 0 aliphatic carbocycles. The second kappa shape index (κ2) is 13.9. The van der Waals surface area contributed by atoms with E-state index in [1.54, 1.807) is 43.0 Å². The Balaban J connectivity index is 1.38. The second-order valence-corrected chi connectivity index (χ2v) is 14.8. The molecule has 0 aromatic heterocycles. The van der Waals surface area contributed by atoms with Crippen LogP contribution in [0.2, 0.25) is 0 Å². The Labute approximate surface area is 314 Å². The van der Waals surface area contributed by atoms with Gasteiger partial charge in [0.05, 0.1) is 31.0 Å². The molecule has 7 rings (SSSR count). The van der Waals surface area contributed by atoms with Crippen LogP contribution >= 0.6 is 0 Å². The Morgan fingerprint density at radius 1 is 0.741 bits per heavy atom. The minimum absolute atomic E-state index is 0.0216. The van der Waals surface area contributed by atoms with Gasteiger partial charge in [0.1, 0.15) is 6.61 Å². The van der Waals surface area contributed by atoms with Crippen LogP contribution in [0.15, 0.2) is 114 Å². The maximum atomic E-state index is 15.3. The molecule has 54 heavy (non-hydrogen) atoms. The van der Waals surface area contributed by atoms with Gasteiger partial charge in [0.2, 0.25) is 5.54 Å². The standard InChI is InChI=1S/C45H44N2O7/c1-7-52-41(50)44(42(51)53-8-2)28(3)38(39(48)54-27-35-33-17-11-9-15-30(33)25-31-16-10-12-18-34(31)35)45(46-44)36-19-13-14-20-37(36)47(40(45)49)26-29-21-23-32(24-22-29)43(4,5)6/h9-25,46H,7-8,26-27H2,1-6H3/t45-/m1/s1. The van der Waals surface area contributed by atoms with Crippen molar-refractivity contribution < 1.29 is 33.4 Å². The number of nitrogens with one attached hydrogen (secondary N) is 1. The number of hydrogen-bond acceptors (Lipinski definition) is 8. The molecule has 1 N–H and O–H groups in total. The highest BCUT2D eigenvalue weighted by molar-refractivity contribution is 6.21. The molecular weight excluding hydrogens is 681 g/mol. The predicted octanol–water partition coefficient (Wildman–Crippen LogP) is 7.56. The smallest absolute Gasteiger partial charge is 0.342 e. The molecule has 1 atom stereocenters. The zero-order valence-corrected chi connectivity index (χ0v) is 31.4. The molecule has 0 saturated carbocycles. The Bertz CT molecular complexity index is 2280. The molecule has 0 unspecified atom stereocenters. The van der Waals surface area contributed by atoms with Gasteiger partial charge in [0, 0.05) is 11.1 Å². The van der Waals surface area contributed by atoms with Gasteiger partial charge in [-0.05, 0) is 76.6 Å². The van der Waals surface area contributed by atoms with Crippen LogP contribution in [0.5, 0.6) is 0 Å². The zero-order valence-electron chi connectivity index (χ0n) is 31.4. The average molecular weight is 725 g/mol. The molecule has 2 heterocycles. The first-order valence-corrected chi connectivity index (χ1v) is 18.3. The van der Waals surface area contributed by atoms with Gasteiger partial charge in [0.15, 0.2) is 5.54 Å². The van der Waals surface area contributed by atoms with Gasteiger partial charge < -0.3 is 19.1 Å². The number of amides is 1. The molecule has 0 radical (unpaired) electrons. The highest BCUT2D eigenvalue weighted by atomic mass is 16.6. The Morgan fingerprint density at radius 2 is 1.30 bits per heavy atom. The van der Waals surface area contributed by atoms with Crippen molar-refractivity contribution in [2.45, 2.75) is 71.2 Å². The number of para-hydroxylation sites is 1. The van der Waals surface area contributed by atoms with Crippen LogP contribution in [0, 0.1) is 0 Å². The van der Waals surface area contributed by atoms with E-state index in [1.807, 2.05) is 72.8 Å². The summed E-state index contributed by atoms with van der Waals surface area (Å²) in [6, 6.07) is 32.9. The molecular formula is C45H44N2O7. The Morgan fingerprint density at radius 3 is 1.87 bits per heavy atom. The van der Waals surface area contributed by atoms with E-state index in [2.05, 4.69) is 32.2 Å². The van der Waals surface area contributed by atoms with E-state index in [1.165, 1.54) is 6.92 Å². The molecule has 5 aromatic carbocycles. The molecule has 0 fully saturated rings.